The highest BCUT2D eigenvalue weighted by Gasteiger charge is 2.15. The predicted octanol–water partition coefficient (Wildman–Crippen LogP) is 4.18. The number of hydrogen-bond donors (Lipinski definition) is 0. The monoisotopic (exact) mass is 343 g/mol. The number of halogens is 1. The summed E-state index contributed by atoms with van der Waals surface area (Å²) < 4.78 is 6.36. The van der Waals surface area contributed by atoms with Gasteiger partial charge in [0.25, 0.3) is 0 Å². The van der Waals surface area contributed by atoms with Gasteiger partial charge >= 0.3 is 0 Å². The second-order valence-corrected chi connectivity index (χ2v) is 6.52. The smallest absolute Gasteiger partial charge is 0.241 e. The molecular weight excluding hydrogens is 326 g/mol. The van der Waals surface area contributed by atoms with Gasteiger partial charge in [0.05, 0.1) is 11.4 Å². The molecule has 0 aliphatic heterocycles. The molecule has 2 aromatic heterocycles. The molecule has 0 fully saturated rings. The summed E-state index contributed by atoms with van der Waals surface area (Å²) in [5.74, 6) is 1.34. The molecule has 0 aromatic carbocycles. The van der Waals surface area contributed by atoms with Crippen LogP contribution < -0.4 is 0 Å². The van der Waals surface area contributed by atoms with Crippen LogP contribution in [0, 0.1) is 0 Å². The van der Waals surface area contributed by atoms with Crippen molar-refractivity contribution in [2.75, 3.05) is 7.05 Å². The molecule has 0 radical (unpaired) electrons. The Morgan fingerprint density at radius 3 is 2.95 bits per heavy atom. The normalized spacial score (nSPS) is 13.1. The molecule has 6 heteroatoms. The zero-order valence-corrected chi connectivity index (χ0v) is 13.8. The van der Waals surface area contributed by atoms with E-state index >= 15 is 0 Å². The van der Waals surface area contributed by atoms with Crippen molar-refractivity contribution >= 4 is 27.3 Å². The van der Waals surface area contributed by atoms with Crippen molar-refractivity contribution in [2.45, 2.75) is 39.3 Å². The minimum Gasteiger partial charge on any atom is -0.338 e. The van der Waals surface area contributed by atoms with E-state index in [1.807, 2.05) is 11.4 Å². The van der Waals surface area contributed by atoms with Crippen molar-refractivity contribution in [1.29, 1.82) is 0 Å². The van der Waals surface area contributed by atoms with Gasteiger partial charge in [0.2, 0.25) is 11.7 Å². The predicted molar refractivity (Wildman–Crippen MR) is 81.1 cm³/mol. The summed E-state index contributed by atoms with van der Waals surface area (Å²) in [4.78, 5) is 7.71. The molecule has 0 spiro atoms. The van der Waals surface area contributed by atoms with E-state index in [9.17, 15) is 0 Å². The highest BCUT2D eigenvalue weighted by atomic mass is 79.9. The molecule has 2 rings (SSSR count). The Labute approximate surface area is 125 Å². The Hall–Kier alpha value is -0.720. The summed E-state index contributed by atoms with van der Waals surface area (Å²) in [5.41, 5.74) is 0. The van der Waals surface area contributed by atoms with Crippen LogP contribution in [0.1, 0.15) is 32.6 Å². The maximum Gasteiger partial charge on any atom is 0.241 e. The molecule has 0 aliphatic carbocycles. The number of nitrogens with zero attached hydrogens (tertiary/aromatic N) is 3. The molecule has 0 aliphatic rings. The minimum absolute atomic E-state index is 0.524. The van der Waals surface area contributed by atoms with Crippen molar-refractivity contribution in [3.8, 4) is 10.7 Å². The molecular formula is C13H18BrN3OS. The van der Waals surface area contributed by atoms with E-state index in [1.165, 1.54) is 12.8 Å². The largest absolute Gasteiger partial charge is 0.338 e. The molecule has 2 aromatic rings. The first-order chi connectivity index (χ1) is 9.10. The van der Waals surface area contributed by atoms with Crippen LogP contribution in [0.2, 0.25) is 0 Å². The van der Waals surface area contributed by atoms with Crippen LogP contribution in [-0.4, -0.2) is 28.1 Å². The first-order valence-electron chi connectivity index (χ1n) is 6.37. The van der Waals surface area contributed by atoms with Gasteiger partial charge in [-0.05, 0) is 42.4 Å². The van der Waals surface area contributed by atoms with E-state index in [-0.39, 0.29) is 0 Å². The molecule has 0 amide bonds. The maximum absolute atomic E-state index is 5.32. The number of rotatable bonds is 6. The van der Waals surface area contributed by atoms with Crippen molar-refractivity contribution < 1.29 is 4.52 Å². The van der Waals surface area contributed by atoms with Crippen LogP contribution in [0.15, 0.2) is 20.4 Å². The van der Waals surface area contributed by atoms with Gasteiger partial charge < -0.3 is 4.52 Å². The topological polar surface area (TPSA) is 42.2 Å². The molecule has 0 saturated heterocycles. The summed E-state index contributed by atoms with van der Waals surface area (Å²) in [5, 5.41) is 6.05. The quantitative estimate of drug-likeness (QED) is 0.788. The van der Waals surface area contributed by atoms with Crippen LogP contribution in [0.3, 0.4) is 0 Å². The lowest BCUT2D eigenvalue weighted by atomic mass is 10.2. The second kappa shape index (κ2) is 6.63. The van der Waals surface area contributed by atoms with E-state index in [4.69, 9.17) is 4.52 Å². The number of thiophene rings is 1. The Morgan fingerprint density at radius 2 is 2.32 bits per heavy atom. The van der Waals surface area contributed by atoms with Crippen molar-refractivity contribution in [3.63, 3.8) is 0 Å². The van der Waals surface area contributed by atoms with Gasteiger partial charge in [0.15, 0.2) is 0 Å². The van der Waals surface area contributed by atoms with E-state index in [2.05, 4.69) is 51.9 Å². The molecule has 104 valence electrons. The van der Waals surface area contributed by atoms with Crippen LogP contribution in [0.25, 0.3) is 10.7 Å². The third-order valence-electron chi connectivity index (χ3n) is 3.10. The summed E-state index contributed by atoms with van der Waals surface area (Å²) in [7, 11) is 2.09. The zero-order chi connectivity index (χ0) is 13.8. The van der Waals surface area contributed by atoms with Crippen molar-refractivity contribution in [1.82, 2.24) is 15.0 Å². The fraction of sp³-hybridized carbons (Fsp3) is 0.538. The third kappa shape index (κ3) is 3.87. The standard InChI is InChI=1S/C13H18BrN3OS/c1-4-5-9(2)17(3)7-12-15-13(16-18-12)11-6-10(14)8-19-11/h6,8-9H,4-5,7H2,1-3H3. The van der Waals surface area contributed by atoms with Gasteiger partial charge in [-0.25, -0.2) is 0 Å². The average Bonchev–Trinajstić information content (AvgIpc) is 2.98. The summed E-state index contributed by atoms with van der Waals surface area (Å²) in [6.45, 7) is 5.11. The van der Waals surface area contributed by atoms with Crippen LogP contribution in [0.4, 0.5) is 0 Å². The van der Waals surface area contributed by atoms with Crippen molar-refractivity contribution in [3.05, 3.63) is 21.8 Å². The minimum atomic E-state index is 0.524. The van der Waals surface area contributed by atoms with Crippen molar-refractivity contribution in [2.24, 2.45) is 0 Å². The molecule has 0 saturated carbocycles. The molecule has 1 atom stereocenters. The SMILES string of the molecule is CCCC(C)N(C)Cc1nc(-c2cc(Br)cs2)no1. The van der Waals surface area contributed by atoms with Crippen LogP contribution >= 0.6 is 27.3 Å². The van der Waals surface area contributed by atoms with Gasteiger partial charge in [-0.1, -0.05) is 18.5 Å². The lowest BCUT2D eigenvalue weighted by Gasteiger charge is -2.22. The molecule has 19 heavy (non-hydrogen) atoms. The highest BCUT2D eigenvalue weighted by Crippen LogP contribution is 2.27. The number of aromatic nitrogens is 2. The summed E-state index contributed by atoms with van der Waals surface area (Å²) >= 11 is 5.03. The fourth-order valence-corrected chi connectivity index (χ4v) is 3.21. The third-order valence-corrected chi connectivity index (χ3v) is 4.79. The first kappa shape index (κ1) is 14.7. The van der Waals surface area contributed by atoms with Crippen LogP contribution in [-0.2, 0) is 6.54 Å². The van der Waals surface area contributed by atoms with Gasteiger partial charge in [0, 0.05) is 15.9 Å². The van der Waals surface area contributed by atoms with E-state index in [0.29, 0.717) is 24.3 Å². The highest BCUT2D eigenvalue weighted by molar-refractivity contribution is 9.10. The molecule has 0 N–H and O–H groups in total. The Kier molecular flexibility index (Phi) is 5.13. The lowest BCUT2D eigenvalue weighted by Crippen LogP contribution is -2.28. The molecule has 4 nitrogen and oxygen atoms in total. The summed E-state index contributed by atoms with van der Waals surface area (Å²) in [6.07, 6.45) is 2.36. The molecule has 0 bridgehead atoms. The molecule has 2 heterocycles. The maximum atomic E-state index is 5.32. The Balaban J connectivity index is 2.01. The fourth-order valence-electron chi connectivity index (χ4n) is 1.86. The number of hydrogen-bond acceptors (Lipinski definition) is 5. The van der Waals surface area contributed by atoms with Gasteiger partial charge in [0.1, 0.15) is 0 Å². The van der Waals surface area contributed by atoms with E-state index in [0.717, 1.165) is 9.35 Å². The molecule has 1 unspecified atom stereocenters. The second-order valence-electron chi connectivity index (χ2n) is 4.69. The first-order valence-corrected chi connectivity index (χ1v) is 8.04. The van der Waals surface area contributed by atoms with Gasteiger partial charge in [-0.2, -0.15) is 4.98 Å². The Morgan fingerprint density at radius 1 is 1.53 bits per heavy atom. The van der Waals surface area contributed by atoms with Gasteiger partial charge in [-0.3, -0.25) is 4.90 Å². The zero-order valence-electron chi connectivity index (χ0n) is 11.4. The van der Waals surface area contributed by atoms with Gasteiger partial charge in [-0.15, -0.1) is 11.3 Å². The summed E-state index contributed by atoms with van der Waals surface area (Å²) in [6, 6.07) is 2.53. The Bertz CT molecular complexity index is 525. The lowest BCUT2D eigenvalue weighted by molar-refractivity contribution is 0.205. The average molecular weight is 344 g/mol. The van der Waals surface area contributed by atoms with Crippen LogP contribution in [0.5, 0.6) is 0 Å². The van der Waals surface area contributed by atoms with E-state index < -0.39 is 0 Å². The van der Waals surface area contributed by atoms with E-state index in [1.54, 1.807) is 11.3 Å².